The summed E-state index contributed by atoms with van der Waals surface area (Å²) in [5.74, 6) is 0.637. The highest BCUT2D eigenvalue weighted by Crippen LogP contribution is 2.40. The van der Waals surface area contributed by atoms with E-state index in [9.17, 15) is 18.0 Å². The SMILES string of the molecule is CC(C)COc1cc(-c2c(-c3nncn3C)cnn2C)cc(N2Cc3c(cccc3C(F)(F)F)C2=O)n1. The third kappa shape index (κ3) is 4.43. The van der Waals surface area contributed by atoms with Crippen molar-refractivity contribution in [3.8, 4) is 28.5 Å². The van der Waals surface area contributed by atoms with Crippen molar-refractivity contribution in [3.05, 3.63) is 59.5 Å². The quantitative estimate of drug-likeness (QED) is 0.379. The first-order valence-corrected chi connectivity index (χ1v) is 11.6. The Hall–Kier alpha value is -4.22. The van der Waals surface area contributed by atoms with Gasteiger partial charge in [0.15, 0.2) is 5.82 Å². The number of fused-ring (bicyclic) bond motifs is 1. The molecule has 1 aliphatic heterocycles. The van der Waals surface area contributed by atoms with Crippen LogP contribution in [-0.2, 0) is 26.8 Å². The van der Waals surface area contributed by atoms with E-state index < -0.39 is 17.6 Å². The number of nitrogens with zero attached hydrogens (tertiary/aromatic N) is 7. The number of aryl methyl sites for hydroxylation is 2. The van der Waals surface area contributed by atoms with Gasteiger partial charge in [-0.15, -0.1) is 10.2 Å². The minimum atomic E-state index is -4.58. The lowest BCUT2D eigenvalue weighted by molar-refractivity contribution is -0.138. The second kappa shape index (κ2) is 9.02. The zero-order valence-electron chi connectivity index (χ0n) is 20.6. The molecule has 37 heavy (non-hydrogen) atoms. The number of halogens is 3. The van der Waals surface area contributed by atoms with Crippen LogP contribution in [0.5, 0.6) is 5.88 Å². The number of amides is 1. The first-order chi connectivity index (χ1) is 17.5. The average Bonchev–Trinajstić information content (AvgIpc) is 3.53. The maximum absolute atomic E-state index is 13.7. The van der Waals surface area contributed by atoms with Gasteiger partial charge in [-0.05, 0) is 29.7 Å². The van der Waals surface area contributed by atoms with Gasteiger partial charge in [0.25, 0.3) is 5.91 Å². The average molecular weight is 512 g/mol. The van der Waals surface area contributed by atoms with Crippen LogP contribution in [-0.4, -0.2) is 42.0 Å². The fourth-order valence-electron chi connectivity index (χ4n) is 4.35. The number of pyridine rings is 1. The molecule has 1 aliphatic rings. The highest BCUT2D eigenvalue weighted by Gasteiger charge is 2.40. The summed E-state index contributed by atoms with van der Waals surface area (Å²) in [5, 5.41) is 12.5. The first-order valence-electron chi connectivity index (χ1n) is 11.6. The molecule has 0 saturated heterocycles. The van der Waals surface area contributed by atoms with Crippen LogP contribution in [0.15, 0.2) is 42.9 Å². The van der Waals surface area contributed by atoms with Crippen LogP contribution in [0.4, 0.5) is 19.0 Å². The molecule has 5 rings (SSSR count). The zero-order valence-corrected chi connectivity index (χ0v) is 20.6. The molecule has 12 heteroatoms. The number of ether oxygens (including phenoxy) is 1. The number of anilines is 1. The summed E-state index contributed by atoms with van der Waals surface area (Å²) < 4.78 is 50.3. The van der Waals surface area contributed by atoms with Gasteiger partial charge < -0.3 is 9.30 Å². The fraction of sp³-hybridized carbons (Fsp3) is 0.320. The molecule has 4 aromatic rings. The lowest BCUT2D eigenvalue weighted by Gasteiger charge is -2.19. The second-order valence-electron chi connectivity index (χ2n) is 9.27. The molecule has 0 radical (unpaired) electrons. The summed E-state index contributed by atoms with van der Waals surface area (Å²) in [7, 11) is 3.57. The molecule has 0 N–H and O–H groups in total. The topological polar surface area (TPSA) is 91.0 Å². The van der Waals surface area contributed by atoms with E-state index in [0.29, 0.717) is 29.3 Å². The van der Waals surface area contributed by atoms with Crippen molar-refractivity contribution in [1.29, 1.82) is 0 Å². The third-order valence-corrected chi connectivity index (χ3v) is 6.07. The number of hydrogen-bond acceptors (Lipinski definition) is 6. The number of benzene rings is 1. The second-order valence-corrected chi connectivity index (χ2v) is 9.27. The molecule has 3 aromatic heterocycles. The number of carbonyl (C=O) groups is 1. The van der Waals surface area contributed by atoms with Crippen LogP contribution in [0, 0.1) is 5.92 Å². The van der Waals surface area contributed by atoms with Gasteiger partial charge in [-0.1, -0.05) is 19.9 Å². The largest absolute Gasteiger partial charge is 0.477 e. The van der Waals surface area contributed by atoms with E-state index in [1.54, 1.807) is 48.0 Å². The summed E-state index contributed by atoms with van der Waals surface area (Å²) >= 11 is 0. The van der Waals surface area contributed by atoms with Crippen LogP contribution < -0.4 is 9.64 Å². The molecule has 0 atom stereocenters. The van der Waals surface area contributed by atoms with E-state index in [2.05, 4.69) is 20.3 Å². The van der Waals surface area contributed by atoms with Crippen LogP contribution >= 0.6 is 0 Å². The molecular weight excluding hydrogens is 487 g/mol. The maximum Gasteiger partial charge on any atom is 0.416 e. The Morgan fingerprint density at radius 1 is 1.14 bits per heavy atom. The summed E-state index contributed by atoms with van der Waals surface area (Å²) in [6, 6.07) is 7.00. The highest BCUT2D eigenvalue weighted by atomic mass is 19.4. The number of hydrogen-bond donors (Lipinski definition) is 0. The van der Waals surface area contributed by atoms with Crippen molar-refractivity contribution in [2.45, 2.75) is 26.6 Å². The molecule has 0 unspecified atom stereocenters. The molecule has 4 heterocycles. The lowest BCUT2D eigenvalue weighted by Crippen LogP contribution is -2.24. The van der Waals surface area contributed by atoms with Crippen molar-refractivity contribution >= 4 is 11.7 Å². The van der Waals surface area contributed by atoms with E-state index in [4.69, 9.17) is 4.74 Å². The Kier molecular flexibility index (Phi) is 5.97. The number of rotatable bonds is 6. The lowest BCUT2D eigenvalue weighted by atomic mass is 10.0. The standard InChI is InChI=1S/C25H24F3N7O2/c1-14(2)12-37-21-9-15(22-17(10-30-34(22)4)23-32-29-13-33(23)3)8-20(31-21)35-11-18-16(24(35)36)6-5-7-19(18)25(26,27)28/h5-10,13-14H,11-12H2,1-4H3. The molecular formula is C25H24F3N7O2. The predicted octanol–water partition coefficient (Wildman–Crippen LogP) is 4.49. The molecule has 0 fully saturated rings. The van der Waals surface area contributed by atoms with Crippen molar-refractivity contribution in [2.75, 3.05) is 11.5 Å². The maximum atomic E-state index is 13.7. The van der Waals surface area contributed by atoms with Gasteiger partial charge >= 0.3 is 6.18 Å². The van der Waals surface area contributed by atoms with E-state index in [-0.39, 0.29) is 35.3 Å². The predicted molar refractivity (Wildman–Crippen MR) is 129 cm³/mol. The molecule has 192 valence electrons. The normalized spacial score (nSPS) is 13.5. The van der Waals surface area contributed by atoms with Crippen LogP contribution in [0.1, 0.15) is 35.3 Å². The van der Waals surface area contributed by atoms with Crippen molar-refractivity contribution in [1.82, 2.24) is 29.5 Å². The van der Waals surface area contributed by atoms with Crippen molar-refractivity contribution < 1.29 is 22.7 Å². The zero-order chi connectivity index (χ0) is 26.5. The van der Waals surface area contributed by atoms with Gasteiger partial charge in [0.05, 0.1) is 36.2 Å². The van der Waals surface area contributed by atoms with E-state index in [1.807, 2.05) is 13.8 Å². The van der Waals surface area contributed by atoms with Gasteiger partial charge in [-0.3, -0.25) is 14.4 Å². The molecule has 0 bridgehead atoms. The molecule has 1 aromatic carbocycles. The van der Waals surface area contributed by atoms with E-state index in [1.165, 1.54) is 17.0 Å². The molecule has 9 nitrogen and oxygen atoms in total. The molecule has 0 spiro atoms. The van der Waals surface area contributed by atoms with Gasteiger partial charge in [-0.25, -0.2) is 0 Å². The molecule has 0 saturated carbocycles. The van der Waals surface area contributed by atoms with Gasteiger partial charge in [-0.2, -0.15) is 23.3 Å². The van der Waals surface area contributed by atoms with Crippen LogP contribution in [0.25, 0.3) is 22.6 Å². The Bertz CT molecular complexity index is 1490. The minimum absolute atomic E-state index is 0.00647. The van der Waals surface area contributed by atoms with E-state index in [0.717, 1.165) is 6.07 Å². The Morgan fingerprint density at radius 3 is 2.59 bits per heavy atom. The number of carbonyl (C=O) groups excluding carboxylic acids is 1. The van der Waals surface area contributed by atoms with Gasteiger partial charge in [0, 0.05) is 31.3 Å². The van der Waals surface area contributed by atoms with Gasteiger partial charge in [0.1, 0.15) is 12.1 Å². The number of aromatic nitrogens is 6. The minimum Gasteiger partial charge on any atom is -0.477 e. The summed E-state index contributed by atoms with van der Waals surface area (Å²) in [6.07, 6.45) is -1.36. The fourth-order valence-corrected chi connectivity index (χ4v) is 4.35. The van der Waals surface area contributed by atoms with Crippen LogP contribution in [0.3, 0.4) is 0 Å². The van der Waals surface area contributed by atoms with Gasteiger partial charge in [0.2, 0.25) is 5.88 Å². The highest BCUT2D eigenvalue weighted by molar-refractivity contribution is 6.10. The monoisotopic (exact) mass is 511 g/mol. The van der Waals surface area contributed by atoms with Crippen LogP contribution in [0.2, 0.25) is 0 Å². The van der Waals surface area contributed by atoms with E-state index >= 15 is 0 Å². The smallest absolute Gasteiger partial charge is 0.416 e. The summed E-state index contributed by atoms with van der Waals surface area (Å²) in [5.41, 5.74) is 1.06. The third-order valence-electron chi connectivity index (χ3n) is 6.07. The number of alkyl halides is 3. The Labute approximate surface area is 210 Å². The van der Waals surface area contributed by atoms with Crippen molar-refractivity contribution in [3.63, 3.8) is 0 Å². The molecule has 0 aliphatic carbocycles. The van der Waals surface area contributed by atoms with Crippen molar-refractivity contribution in [2.24, 2.45) is 20.0 Å². The Balaban J connectivity index is 1.63. The molecule has 1 amide bonds. The summed E-state index contributed by atoms with van der Waals surface area (Å²) in [6.45, 7) is 4.07. The first kappa shape index (κ1) is 24.5. The summed E-state index contributed by atoms with van der Waals surface area (Å²) in [4.78, 5) is 19.0. The Morgan fingerprint density at radius 2 is 1.92 bits per heavy atom.